The van der Waals surface area contributed by atoms with Gasteiger partial charge in [-0.2, -0.15) is 0 Å². The van der Waals surface area contributed by atoms with Gasteiger partial charge in [0.1, 0.15) is 5.82 Å². The van der Waals surface area contributed by atoms with Crippen LogP contribution in [0.25, 0.3) is 0 Å². The van der Waals surface area contributed by atoms with Crippen molar-refractivity contribution >= 4 is 23.3 Å². The Bertz CT molecular complexity index is 820. The number of halogens is 1. The predicted octanol–water partition coefficient (Wildman–Crippen LogP) is 3.23. The molecule has 2 rings (SSSR count). The van der Waals surface area contributed by atoms with Gasteiger partial charge in [-0.1, -0.05) is 6.07 Å². The SMILES string of the molecule is Cc1c(C(=O)O[C@H](C)C(=O)Nc2ccc(F)cc2)cccc1[N+](=O)[O-]. The fourth-order valence-electron chi connectivity index (χ4n) is 2.10. The number of rotatable bonds is 5. The van der Waals surface area contributed by atoms with Crippen molar-refractivity contribution in [2.24, 2.45) is 0 Å². The monoisotopic (exact) mass is 346 g/mol. The largest absolute Gasteiger partial charge is 0.449 e. The highest BCUT2D eigenvalue weighted by molar-refractivity contribution is 5.98. The summed E-state index contributed by atoms with van der Waals surface area (Å²) in [5.74, 6) is -1.90. The van der Waals surface area contributed by atoms with Gasteiger partial charge in [0.2, 0.25) is 0 Å². The number of carbonyl (C=O) groups excluding carboxylic acids is 2. The quantitative estimate of drug-likeness (QED) is 0.509. The van der Waals surface area contributed by atoms with Crippen LogP contribution in [-0.2, 0) is 9.53 Å². The summed E-state index contributed by atoms with van der Waals surface area (Å²) in [5, 5.41) is 13.4. The van der Waals surface area contributed by atoms with Gasteiger partial charge in [-0.15, -0.1) is 0 Å². The third-order valence-electron chi connectivity index (χ3n) is 3.49. The molecule has 0 bridgehead atoms. The lowest BCUT2D eigenvalue weighted by Crippen LogP contribution is -2.30. The standard InChI is InChI=1S/C17H15FN2O5/c1-10-14(4-3-5-15(10)20(23)24)17(22)25-11(2)16(21)19-13-8-6-12(18)7-9-13/h3-9,11H,1-2H3,(H,19,21)/t11-/m1/s1. The van der Waals surface area contributed by atoms with Crippen LogP contribution >= 0.6 is 0 Å². The first-order valence-corrected chi connectivity index (χ1v) is 7.31. The molecule has 0 heterocycles. The first-order chi connectivity index (χ1) is 11.8. The van der Waals surface area contributed by atoms with E-state index in [9.17, 15) is 24.1 Å². The summed E-state index contributed by atoms with van der Waals surface area (Å²) in [6.45, 7) is 2.79. The van der Waals surface area contributed by atoms with E-state index in [2.05, 4.69) is 5.32 Å². The predicted molar refractivity (Wildman–Crippen MR) is 87.7 cm³/mol. The molecule has 1 atom stereocenters. The fourth-order valence-corrected chi connectivity index (χ4v) is 2.10. The molecule has 2 aromatic carbocycles. The molecule has 0 aromatic heterocycles. The van der Waals surface area contributed by atoms with Gasteiger partial charge in [-0.25, -0.2) is 9.18 Å². The van der Waals surface area contributed by atoms with Crippen molar-refractivity contribution in [3.8, 4) is 0 Å². The first kappa shape index (κ1) is 18.1. The Morgan fingerprint density at radius 2 is 1.84 bits per heavy atom. The summed E-state index contributed by atoms with van der Waals surface area (Å²) >= 11 is 0. The van der Waals surface area contributed by atoms with Gasteiger partial charge in [0.05, 0.1) is 10.5 Å². The molecule has 7 nitrogen and oxygen atoms in total. The zero-order chi connectivity index (χ0) is 18.6. The van der Waals surface area contributed by atoms with Crippen LogP contribution in [0.5, 0.6) is 0 Å². The molecule has 0 saturated heterocycles. The van der Waals surface area contributed by atoms with Crippen molar-refractivity contribution in [2.45, 2.75) is 20.0 Å². The number of benzene rings is 2. The maximum Gasteiger partial charge on any atom is 0.339 e. The maximum absolute atomic E-state index is 12.8. The van der Waals surface area contributed by atoms with E-state index < -0.39 is 28.7 Å². The molecular weight excluding hydrogens is 331 g/mol. The van der Waals surface area contributed by atoms with E-state index in [0.29, 0.717) is 5.69 Å². The Balaban J connectivity index is 2.07. The molecule has 0 unspecified atom stereocenters. The second kappa shape index (κ2) is 7.52. The Kier molecular flexibility index (Phi) is 5.43. The Hall–Kier alpha value is -3.29. The minimum absolute atomic E-state index is 0.00984. The number of esters is 1. The number of ether oxygens (including phenoxy) is 1. The topological polar surface area (TPSA) is 98.5 Å². The van der Waals surface area contributed by atoms with Crippen LogP contribution in [0, 0.1) is 22.9 Å². The van der Waals surface area contributed by atoms with E-state index in [4.69, 9.17) is 4.74 Å². The molecule has 0 radical (unpaired) electrons. The zero-order valence-electron chi connectivity index (χ0n) is 13.5. The van der Waals surface area contributed by atoms with Crippen LogP contribution in [-0.4, -0.2) is 22.9 Å². The maximum atomic E-state index is 12.8. The van der Waals surface area contributed by atoms with Crippen molar-refractivity contribution in [1.82, 2.24) is 0 Å². The molecule has 0 saturated carbocycles. The molecular formula is C17H15FN2O5. The number of nitro groups is 1. The zero-order valence-corrected chi connectivity index (χ0v) is 13.5. The molecule has 0 aliphatic rings. The number of hydrogen-bond donors (Lipinski definition) is 1. The van der Waals surface area contributed by atoms with Crippen LogP contribution in [0.15, 0.2) is 42.5 Å². The highest BCUT2D eigenvalue weighted by atomic mass is 19.1. The number of nitrogens with zero attached hydrogens (tertiary/aromatic N) is 1. The van der Waals surface area contributed by atoms with Crippen molar-refractivity contribution < 1.29 is 23.6 Å². The molecule has 0 aliphatic carbocycles. The summed E-state index contributed by atoms with van der Waals surface area (Å²) in [7, 11) is 0. The average Bonchev–Trinajstić information content (AvgIpc) is 2.56. The van der Waals surface area contributed by atoms with Gasteiger partial charge in [-0.05, 0) is 44.2 Å². The van der Waals surface area contributed by atoms with E-state index >= 15 is 0 Å². The van der Waals surface area contributed by atoms with Gasteiger partial charge in [0.15, 0.2) is 6.10 Å². The number of nitro benzene ring substituents is 1. The van der Waals surface area contributed by atoms with Crippen LogP contribution < -0.4 is 5.32 Å². The molecule has 130 valence electrons. The summed E-state index contributed by atoms with van der Waals surface area (Å²) in [4.78, 5) is 34.5. The molecule has 0 fully saturated rings. The Morgan fingerprint density at radius 1 is 1.20 bits per heavy atom. The van der Waals surface area contributed by atoms with Gasteiger partial charge in [0, 0.05) is 17.3 Å². The molecule has 25 heavy (non-hydrogen) atoms. The van der Waals surface area contributed by atoms with Gasteiger partial charge in [0.25, 0.3) is 11.6 Å². The second-order valence-electron chi connectivity index (χ2n) is 5.25. The lowest BCUT2D eigenvalue weighted by atomic mass is 10.1. The van der Waals surface area contributed by atoms with Crippen LogP contribution in [0.4, 0.5) is 15.8 Å². The highest BCUT2D eigenvalue weighted by Crippen LogP contribution is 2.22. The summed E-state index contributed by atoms with van der Waals surface area (Å²) in [5.41, 5.74) is 0.304. The summed E-state index contributed by atoms with van der Waals surface area (Å²) in [6.07, 6.45) is -1.14. The summed E-state index contributed by atoms with van der Waals surface area (Å²) in [6, 6.07) is 9.12. The third-order valence-corrected chi connectivity index (χ3v) is 3.49. The van der Waals surface area contributed by atoms with Gasteiger partial charge in [-0.3, -0.25) is 14.9 Å². The molecule has 2 aromatic rings. The van der Waals surface area contributed by atoms with Gasteiger partial charge < -0.3 is 10.1 Å². The number of hydrogen-bond acceptors (Lipinski definition) is 5. The van der Waals surface area contributed by atoms with E-state index in [1.54, 1.807) is 0 Å². The Morgan fingerprint density at radius 3 is 2.44 bits per heavy atom. The van der Waals surface area contributed by atoms with E-state index in [0.717, 1.165) is 0 Å². The van der Waals surface area contributed by atoms with Crippen molar-refractivity contribution in [1.29, 1.82) is 0 Å². The number of amides is 1. The van der Waals surface area contributed by atoms with Crippen molar-refractivity contribution in [2.75, 3.05) is 5.32 Å². The lowest BCUT2D eigenvalue weighted by molar-refractivity contribution is -0.385. The van der Waals surface area contributed by atoms with Crippen LogP contribution in [0.1, 0.15) is 22.8 Å². The van der Waals surface area contributed by atoms with E-state index in [1.165, 1.54) is 56.3 Å². The van der Waals surface area contributed by atoms with Crippen LogP contribution in [0.3, 0.4) is 0 Å². The molecule has 0 aliphatic heterocycles. The molecule has 8 heteroatoms. The fraction of sp³-hybridized carbons (Fsp3) is 0.176. The minimum atomic E-state index is -1.14. The summed E-state index contributed by atoms with van der Waals surface area (Å²) < 4.78 is 17.9. The minimum Gasteiger partial charge on any atom is -0.449 e. The van der Waals surface area contributed by atoms with Crippen molar-refractivity contribution in [3.05, 3.63) is 69.5 Å². The van der Waals surface area contributed by atoms with E-state index in [1.807, 2.05) is 0 Å². The molecule has 1 N–H and O–H groups in total. The second-order valence-corrected chi connectivity index (χ2v) is 5.25. The average molecular weight is 346 g/mol. The van der Waals surface area contributed by atoms with Crippen LogP contribution in [0.2, 0.25) is 0 Å². The highest BCUT2D eigenvalue weighted by Gasteiger charge is 2.23. The number of nitrogens with one attached hydrogen (secondary N) is 1. The Labute approximate surface area is 142 Å². The first-order valence-electron chi connectivity index (χ1n) is 7.31. The van der Waals surface area contributed by atoms with Gasteiger partial charge >= 0.3 is 5.97 Å². The normalized spacial score (nSPS) is 11.5. The smallest absolute Gasteiger partial charge is 0.339 e. The number of carbonyl (C=O) groups is 2. The molecule has 1 amide bonds. The van der Waals surface area contributed by atoms with Crippen molar-refractivity contribution in [3.63, 3.8) is 0 Å². The lowest BCUT2D eigenvalue weighted by Gasteiger charge is -2.14. The third kappa shape index (κ3) is 4.37. The number of anilines is 1. The van der Waals surface area contributed by atoms with E-state index in [-0.39, 0.29) is 16.8 Å². The molecule has 0 spiro atoms.